The van der Waals surface area contributed by atoms with E-state index in [-0.39, 0.29) is 0 Å². The second-order valence-corrected chi connectivity index (χ2v) is 6.27. The monoisotopic (exact) mass is 329 g/mol. The standard InChI is InChI=1S/C15H24BrNO2/c1-11(2)9-17(5-6-19-4)10-13-8-14(16)7-12(3)15(13)18/h7-8,11,18H,5-6,9-10H2,1-4H3. The Morgan fingerprint density at radius 2 is 2.05 bits per heavy atom. The number of benzene rings is 1. The summed E-state index contributed by atoms with van der Waals surface area (Å²) in [5, 5.41) is 10.2. The summed E-state index contributed by atoms with van der Waals surface area (Å²) < 4.78 is 6.16. The molecule has 0 saturated carbocycles. The average Bonchev–Trinajstić information content (AvgIpc) is 2.31. The molecule has 1 aromatic carbocycles. The second-order valence-electron chi connectivity index (χ2n) is 5.35. The smallest absolute Gasteiger partial charge is 0.123 e. The minimum absolute atomic E-state index is 0.398. The molecule has 19 heavy (non-hydrogen) atoms. The highest BCUT2D eigenvalue weighted by Crippen LogP contribution is 2.27. The summed E-state index contributed by atoms with van der Waals surface area (Å²) in [6.45, 7) is 9.64. The normalized spacial score (nSPS) is 11.5. The largest absolute Gasteiger partial charge is 0.507 e. The molecule has 4 heteroatoms. The average molecular weight is 330 g/mol. The van der Waals surface area contributed by atoms with Gasteiger partial charge in [0.15, 0.2) is 0 Å². The van der Waals surface area contributed by atoms with Crippen LogP contribution in [0.2, 0.25) is 0 Å². The van der Waals surface area contributed by atoms with Gasteiger partial charge in [0.25, 0.3) is 0 Å². The molecule has 0 amide bonds. The first-order valence-corrected chi connectivity index (χ1v) is 7.42. The van der Waals surface area contributed by atoms with Gasteiger partial charge in [-0.15, -0.1) is 0 Å². The number of aromatic hydroxyl groups is 1. The summed E-state index contributed by atoms with van der Waals surface area (Å²) in [4.78, 5) is 2.31. The molecule has 0 atom stereocenters. The molecule has 0 aliphatic rings. The van der Waals surface area contributed by atoms with E-state index in [0.717, 1.165) is 35.2 Å². The lowest BCUT2D eigenvalue weighted by Gasteiger charge is -2.24. The summed E-state index contributed by atoms with van der Waals surface area (Å²) in [5.41, 5.74) is 1.87. The molecule has 0 spiro atoms. The van der Waals surface area contributed by atoms with E-state index in [1.807, 2.05) is 19.1 Å². The second kappa shape index (κ2) is 7.88. The van der Waals surface area contributed by atoms with Gasteiger partial charge in [-0.25, -0.2) is 0 Å². The van der Waals surface area contributed by atoms with Crippen molar-refractivity contribution in [1.29, 1.82) is 0 Å². The Morgan fingerprint density at radius 3 is 2.63 bits per heavy atom. The van der Waals surface area contributed by atoms with Crippen LogP contribution < -0.4 is 0 Å². The first-order valence-electron chi connectivity index (χ1n) is 6.63. The van der Waals surface area contributed by atoms with E-state index in [2.05, 4.69) is 34.7 Å². The number of rotatable bonds is 7. The van der Waals surface area contributed by atoms with Crippen LogP contribution >= 0.6 is 15.9 Å². The maximum absolute atomic E-state index is 10.2. The third-order valence-electron chi connectivity index (χ3n) is 2.97. The van der Waals surface area contributed by atoms with Gasteiger partial charge in [0.2, 0.25) is 0 Å². The molecule has 1 aromatic rings. The van der Waals surface area contributed by atoms with Gasteiger partial charge < -0.3 is 9.84 Å². The highest BCUT2D eigenvalue weighted by atomic mass is 79.9. The Balaban J connectivity index is 2.82. The highest BCUT2D eigenvalue weighted by Gasteiger charge is 2.12. The number of phenolic OH excluding ortho intramolecular Hbond substituents is 1. The molecule has 0 fully saturated rings. The molecule has 1 rings (SSSR count). The van der Waals surface area contributed by atoms with Crippen LogP contribution in [0.5, 0.6) is 5.75 Å². The van der Waals surface area contributed by atoms with Crippen LogP contribution in [-0.4, -0.2) is 36.8 Å². The molecular weight excluding hydrogens is 306 g/mol. The van der Waals surface area contributed by atoms with Crippen LogP contribution in [0.25, 0.3) is 0 Å². The molecule has 0 saturated heterocycles. The number of ether oxygens (including phenoxy) is 1. The Labute approximate surface area is 124 Å². The van der Waals surface area contributed by atoms with E-state index in [0.29, 0.717) is 18.3 Å². The van der Waals surface area contributed by atoms with Gasteiger partial charge in [0, 0.05) is 36.8 Å². The number of nitrogens with zero attached hydrogens (tertiary/aromatic N) is 1. The van der Waals surface area contributed by atoms with E-state index in [9.17, 15) is 5.11 Å². The number of hydrogen-bond donors (Lipinski definition) is 1. The molecule has 0 aliphatic heterocycles. The maximum Gasteiger partial charge on any atom is 0.123 e. The number of hydrogen-bond acceptors (Lipinski definition) is 3. The predicted molar refractivity (Wildman–Crippen MR) is 82.5 cm³/mol. The van der Waals surface area contributed by atoms with Crippen molar-refractivity contribution >= 4 is 15.9 Å². The molecule has 0 bridgehead atoms. The molecule has 0 aliphatic carbocycles. The fourth-order valence-electron chi connectivity index (χ4n) is 2.14. The van der Waals surface area contributed by atoms with Crippen molar-refractivity contribution in [2.45, 2.75) is 27.3 Å². The van der Waals surface area contributed by atoms with Crippen molar-refractivity contribution < 1.29 is 9.84 Å². The molecule has 0 heterocycles. The topological polar surface area (TPSA) is 32.7 Å². The molecule has 1 N–H and O–H groups in total. The minimum atomic E-state index is 0.398. The van der Waals surface area contributed by atoms with Gasteiger partial charge in [-0.1, -0.05) is 29.8 Å². The Hall–Kier alpha value is -0.580. The van der Waals surface area contributed by atoms with Crippen LogP contribution in [0, 0.1) is 12.8 Å². The van der Waals surface area contributed by atoms with Crippen LogP contribution in [-0.2, 0) is 11.3 Å². The Kier molecular flexibility index (Phi) is 6.83. The van der Waals surface area contributed by atoms with E-state index in [1.165, 1.54) is 0 Å². The van der Waals surface area contributed by atoms with Gasteiger partial charge in [0.05, 0.1) is 6.61 Å². The summed E-state index contributed by atoms with van der Waals surface area (Å²) in [5.74, 6) is 0.988. The van der Waals surface area contributed by atoms with Gasteiger partial charge in [-0.2, -0.15) is 0 Å². The van der Waals surface area contributed by atoms with Crippen molar-refractivity contribution in [2.75, 3.05) is 26.8 Å². The van der Waals surface area contributed by atoms with Crippen molar-refractivity contribution in [1.82, 2.24) is 4.90 Å². The fourth-order valence-corrected chi connectivity index (χ4v) is 2.76. The lowest BCUT2D eigenvalue weighted by atomic mass is 10.1. The fraction of sp³-hybridized carbons (Fsp3) is 0.600. The molecular formula is C15H24BrNO2. The van der Waals surface area contributed by atoms with Gasteiger partial charge in [-0.05, 0) is 30.5 Å². The van der Waals surface area contributed by atoms with E-state index < -0.39 is 0 Å². The molecule has 0 unspecified atom stereocenters. The van der Waals surface area contributed by atoms with Gasteiger partial charge >= 0.3 is 0 Å². The SMILES string of the molecule is COCCN(Cc1cc(Br)cc(C)c1O)CC(C)C. The Bertz CT molecular complexity index is 407. The van der Waals surface area contributed by atoms with Crippen molar-refractivity contribution in [3.63, 3.8) is 0 Å². The van der Waals surface area contributed by atoms with Crippen LogP contribution in [0.3, 0.4) is 0 Å². The summed E-state index contributed by atoms with van der Waals surface area (Å²) in [6, 6.07) is 3.92. The number of phenols is 1. The number of halogens is 1. The summed E-state index contributed by atoms with van der Waals surface area (Å²) in [6.07, 6.45) is 0. The van der Waals surface area contributed by atoms with E-state index in [1.54, 1.807) is 7.11 Å². The quantitative estimate of drug-likeness (QED) is 0.830. The number of methoxy groups -OCH3 is 1. The molecule has 0 aromatic heterocycles. The number of aryl methyl sites for hydroxylation is 1. The van der Waals surface area contributed by atoms with Crippen LogP contribution in [0.4, 0.5) is 0 Å². The predicted octanol–water partition coefficient (Wildman–Crippen LogP) is 3.57. The first kappa shape index (κ1) is 16.5. The molecule has 0 radical (unpaired) electrons. The van der Waals surface area contributed by atoms with Crippen molar-refractivity contribution in [3.05, 3.63) is 27.7 Å². The van der Waals surface area contributed by atoms with E-state index in [4.69, 9.17) is 4.74 Å². The molecule has 108 valence electrons. The Morgan fingerprint density at radius 1 is 1.37 bits per heavy atom. The maximum atomic E-state index is 10.2. The lowest BCUT2D eigenvalue weighted by molar-refractivity contribution is 0.135. The zero-order valence-electron chi connectivity index (χ0n) is 12.2. The highest BCUT2D eigenvalue weighted by molar-refractivity contribution is 9.10. The zero-order chi connectivity index (χ0) is 14.4. The van der Waals surface area contributed by atoms with E-state index >= 15 is 0 Å². The van der Waals surface area contributed by atoms with Crippen molar-refractivity contribution in [2.24, 2.45) is 5.92 Å². The minimum Gasteiger partial charge on any atom is -0.507 e. The third kappa shape index (κ3) is 5.51. The summed E-state index contributed by atoms with van der Waals surface area (Å²) >= 11 is 3.49. The van der Waals surface area contributed by atoms with Crippen LogP contribution in [0.15, 0.2) is 16.6 Å². The third-order valence-corrected chi connectivity index (χ3v) is 3.43. The first-order chi connectivity index (χ1) is 8.93. The summed E-state index contributed by atoms with van der Waals surface area (Å²) in [7, 11) is 1.72. The zero-order valence-corrected chi connectivity index (χ0v) is 13.8. The van der Waals surface area contributed by atoms with Gasteiger partial charge in [0.1, 0.15) is 5.75 Å². The molecule has 3 nitrogen and oxygen atoms in total. The van der Waals surface area contributed by atoms with Crippen LogP contribution in [0.1, 0.15) is 25.0 Å². The van der Waals surface area contributed by atoms with Crippen molar-refractivity contribution in [3.8, 4) is 5.75 Å². The lowest BCUT2D eigenvalue weighted by Crippen LogP contribution is -2.30. The van der Waals surface area contributed by atoms with Gasteiger partial charge in [-0.3, -0.25) is 4.90 Å².